The topological polar surface area (TPSA) is 63.6 Å². The van der Waals surface area contributed by atoms with Crippen molar-refractivity contribution in [1.82, 2.24) is 0 Å². The second-order valence-electron chi connectivity index (χ2n) is 5.03. The number of carbonyl (C=O) groups is 2. The third-order valence-corrected chi connectivity index (χ3v) is 2.15. The van der Waals surface area contributed by atoms with Gasteiger partial charge in [0.05, 0.1) is 6.10 Å². The van der Waals surface area contributed by atoms with Crippen LogP contribution >= 0.6 is 0 Å². The van der Waals surface area contributed by atoms with E-state index in [0.29, 0.717) is 0 Å². The van der Waals surface area contributed by atoms with Crippen LogP contribution in [0.3, 0.4) is 0 Å². The first-order valence-corrected chi connectivity index (χ1v) is 5.73. The maximum absolute atomic E-state index is 11.7. The lowest BCUT2D eigenvalue weighted by molar-refractivity contribution is -0.156. The Kier molecular flexibility index (Phi) is 6.10. The molecule has 0 spiro atoms. The molecule has 0 aromatic rings. The number of ketones is 1. The number of Topliss-reactive ketones (excluding diaryl/α,β-unsaturated/α-hetero) is 1. The van der Waals surface area contributed by atoms with E-state index in [1.807, 2.05) is 0 Å². The fourth-order valence-electron chi connectivity index (χ4n) is 1.24. The molecule has 0 bridgehead atoms. The molecule has 0 aliphatic heterocycles. The van der Waals surface area contributed by atoms with Crippen LogP contribution in [0, 0.1) is 5.92 Å². The van der Waals surface area contributed by atoms with Crippen molar-refractivity contribution in [1.29, 1.82) is 0 Å². The van der Waals surface area contributed by atoms with Crippen LogP contribution in [-0.4, -0.2) is 28.6 Å². The van der Waals surface area contributed by atoms with Gasteiger partial charge < -0.3 is 9.84 Å². The van der Waals surface area contributed by atoms with Crippen LogP contribution in [0.25, 0.3) is 0 Å². The van der Waals surface area contributed by atoms with Crippen LogP contribution in [0.15, 0.2) is 12.2 Å². The summed E-state index contributed by atoms with van der Waals surface area (Å²) in [5.41, 5.74) is -0.595. The molecule has 0 aromatic heterocycles. The van der Waals surface area contributed by atoms with Gasteiger partial charge in [-0.05, 0) is 27.7 Å². The van der Waals surface area contributed by atoms with Gasteiger partial charge in [-0.3, -0.25) is 9.59 Å². The summed E-state index contributed by atoms with van der Waals surface area (Å²) in [6.45, 7) is 8.58. The highest BCUT2D eigenvalue weighted by atomic mass is 16.6. The number of carbonyl (C=O) groups excluding carboxylic acids is 2. The fourth-order valence-corrected chi connectivity index (χ4v) is 1.24. The Labute approximate surface area is 103 Å². The first kappa shape index (κ1) is 15.8. The van der Waals surface area contributed by atoms with Crippen LogP contribution < -0.4 is 0 Å². The van der Waals surface area contributed by atoms with E-state index in [4.69, 9.17) is 4.74 Å². The van der Waals surface area contributed by atoms with Gasteiger partial charge in [0.25, 0.3) is 0 Å². The van der Waals surface area contributed by atoms with Crippen molar-refractivity contribution in [2.24, 2.45) is 5.92 Å². The number of aliphatic hydroxyl groups excluding tert-OH is 1. The summed E-state index contributed by atoms with van der Waals surface area (Å²) in [4.78, 5) is 23.1. The zero-order valence-corrected chi connectivity index (χ0v) is 11.2. The second kappa shape index (κ2) is 6.55. The average Bonchev–Trinajstić information content (AvgIpc) is 2.13. The summed E-state index contributed by atoms with van der Waals surface area (Å²) in [6.07, 6.45) is 2.04. The number of ether oxygens (including phenoxy) is 1. The van der Waals surface area contributed by atoms with E-state index < -0.39 is 23.6 Å². The van der Waals surface area contributed by atoms with Gasteiger partial charge in [-0.2, -0.15) is 0 Å². The highest BCUT2D eigenvalue weighted by Crippen LogP contribution is 2.12. The number of rotatable bonds is 5. The van der Waals surface area contributed by atoms with E-state index >= 15 is 0 Å². The first-order chi connectivity index (χ1) is 7.67. The molecular formula is C13H22O4. The lowest BCUT2D eigenvalue weighted by Crippen LogP contribution is -2.29. The third kappa shape index (κ3) is 6.89. The maximum atomic E-state index is 11.7. The summed E-state index contributed by atoms with van der Waals surface area (Å²) in [5.74, 6) is -1.47. The monoisotopic (exact) mass is 242 g/mol. The minimum Gasteiger partial charge on any atom is -0.460 e. The molecule has 2 atom stereocenters. The highest BCUT2D eigenvalue weighted by Gasteiger charge is 2.24. The minimum atomic E-state index is -0.852. The standard InChI is InChI=1S/C13H22O4/c1-6-7-10(14)9(2)11(15)8-12(16)17-13(3,4)5/h6-7,9-10,14H,8H2,1-5H3/b7-6+/t9-,10+/m1/s1. The van der Waals surface area contributed by atoms with E-state index in [-0.39, 0.29) is 12.2 Å². The Bertz CT molecular complexity index is 299. The summed E-state index contributed by atoms with van der Waals surface area (Å²) in [5, 5.41) is 9.57. The van der Waals surface area contributed by atoms with Crippen molar-refractivity contribution in [3.8, 4) is 0 Å². The van der Waals surface area contributed by atoms with Crippen molar-refractivity contribution in [3.05, 3.63) is 12.2 Å². The van der Waals surface area contributed by atoms with Crippen LogP contribution in [0.2, 0.25) is 0 Å². The van der Waals surface area contributed by atoms with E-state index in [9.17, 15) is 14.7 Å². The van der Waals surface area contributed by atoms with Crippen LogP contribution in [-0.2, 0) is 14.3 Å². The van der Waals surface area contributed by atoms with Gasteiger partial charge in [-0.25, -0.2) is 0 Å². The smallest absolute Gasteiger partial charge is 0.313 e. The molecule has 98 valence electrons. The predicted molar refractivity (Wildman–Crippen MR) is 65.5 cm³/mol. The van der Waals surface area contributed by atoms with Gasteiger partial charge in [0.2, 0.25) is 0 Å². The fraction of sp³-hybridized carbons (Fsp3) is 0.692. The molecule has 0 aromatic carbocycles. The van der Waals surface area contributed by atoms with Gasteiger partial charge in [0, 0.05) is 5.92 Å². The molecule has 0 fully saturated rings. The molecule has 1 N–H and O–H groups in total. The molecular weight excluding hydrogens is 220 g/mol. The Morgan fingerprint density at radius 1 is 1.35 bits per heavy atom. The van der Waals surface area contributed by atoms with Gasteiger partial charge in [-0.15, -0.1) is 0 Å². The summed E-state index contributed by atoms with van der Waals surface area (Å²) < 4.78 is 5.04. The Morgan fingerprint density at radius 2 is 1.88 bits per heavy atom. The van der Waals surface area contributed by atoms with E-state index in [0.717, 1.165) is 0 Å². The molecule has 0 aliphatic rings. The molecule has 0 radical (unpaired) electrons. The molecule has 0 rings (SSSR count). The largest absolute Gasteiger partial charge is 0.460 e. The molecule has 0 aliphatic carbocycles. The number of hydrogen-bond donors (Lipinski definition) is 1. The average molecular weight is 242 g/mol. The quantitative estimate of drug-likeness (QED) is 0.454. The SMILES string of the molecule is C/C=C/[C@H](O)[C@@H](C)C(=O)CC(=O)OC(C)(C)C. The molecule has 0 amide bonds. The number of aliphatic hydroxyl groups is 1. The van der Waals surface area contributed by atoms with Crippen molar-refractivity contribution >= 4 is 11.8 Å². The summed E-state index contributed by atoms with van der Waals surface area (Å²) >= 11 is 0. The maximum Gasteiger partial charge on any atom is 0.313 e. The molecule has 4 nitrogen and oxygen atoms in total. The summed E-state index contributed by atoms with van der Waals surface area (Å²) in [7, 11) is 0. The zero-order valence-electron chi connectivity index (χ0n) is 11.2. The predicted octanol–water partition coefficient (Wildman–Crippen LogP) is 1.86. The zero-order chi connectivity index (χ0) is 13.6. The van der Waals surface area contributed by atoms with E-state index in [2.05, 4.69) is 0 Å². The van der Waals surface area contributed by atoms with Crippen molar-refractivity contribution in [3.63, 3.8) is 0 Å². The van der Waals surface area contributed by atoms with E-state index in [1.54, 1.807) is 40.7 Å². The second-order valence-corrected chi connectivity index (χ2v) is 5.03. The Hall–Kier alpha value is -1.16. The Morgan fingerprint density at radius 3 is 2.29 bits per heavy atom. The minimum absolute atomic E-state index is 0.299. The highest BCUT2D eigenvalue weighted by molar-refractivity contribution is 5.97. The molecule has 17 heavy (non-hydrogen) atoms. The van der Waals surface area contributed by atoms with E-state index in [1.165, 1.54) is 6.08 Å². The van der Waals surface area contributed by atoms with Gasteiger partial charge >= 0.3 is 5.97 Å². The molecule has 4 heteroatoms. The van der Waals surface area contributed by atoms with Gasteiger partial charge in [0.15, 0.2) is 0 Å². The van der Waals surface area contributed by atoms with Crippen molar-refractivity contribution < 1.29 is 19.4 Å². The lowest BCUT2D eigenvalue weighted by Gasteiger charge is -2.20. The number of allylic oxidation sites excluding steroid dienone is 1. The number of esters is 1. The van der Waals surface area contributed by atoms with Crippen LogP contribution in [0.4, 0.5) is 0 Å². The van der Waals surface area contributed by atoms with Crippen LogP contribution in [0.1, 0.15) is 41.0 Å². The molecule has 0 unspecified atom stereocenters. The Balaban J connectivity index is 4.31. The van der Waals surface area contributed by atoms with Crippen molar-refractivity contribution in [2.75, 3.05) is 0 Å². The van der Waals surface area contributed by atoms with Gasteiger partial charge in [0.1, 0.15) is 17.8 Å². The number of hydrogen-bond acceptors (Lipinski definition) is 4. The van der Waals surface area contributed by atoms with Crippen LogP contribution in [0.5, 0.6) is 0 Å². The first-order valence-electron chi connectivity index (χ1n) is 5.73. The van der Waals surface area contributed by atoms with Crippen molar-refractivity contribution in [2.45, 2.75) is 52.7 Å². The van der Waals surface area contributed by atoms with Gasteiger partial charge in [-0.1, -0.05) is 19.1 Å². The molecule has 0 heterocycles. The summed E-state index contributed by atoms with van der Waals surface area (Å²) in [6, 6.07) is 0. The molecule has 0 saturated heterocycles. The normalized spacial score (nSPS) is 15.6. The molecule has 0 saturated carbocycles. The lowest BCUT2D eigenvalue weighted by atomic mass is 9.97. The third-order valence-electron chi connectivity index (χ3n) is 2.15.